The molecule has 2 unspecified atom stereocenters. The SMILES string of the molecule is O=C(OCc1ccccc1)N1CC2CC2([B-](F)(F)F)C1. The Morgan fingerprint density at radius 3 is 2.65 bits per heavy atom. The fourth-order valence-electron chi connectivity index (χ4n) is 2.98. The van der Waals surface area contributed by atoms with Gasteiger partial charge in [-0.05, 0) is 16.8 Å². The molecule has 2 aliphatic rings. The van der Waals surface area contributed by atoms with E-state index in [1.165, 1.54) is 4.90 Å². The van der Waals surface area contributed by atoms with Crippen LogP contribution in [0.2, 0.25) is 5.31 Å². The molecule has 108 valence electrons. The minimum absolute atomic E-state index is 0.0883. The minimum atomic E-state index is -4.89. The largest absolute Gasteiger partial charge is 0.486 e. The molecule has 3 nitrogen and oxygen atoms in total. The van der Waals surface area contributed by atoms with E-state index in [1.807, 2.05) is 18.2 Å². The predicted octanol–water partition coefficient (Wildman–Crippen LogP) is 3.25. The van der Waals surface area contributed by atoms with Crippen molar-refractivity contribution < 1.29 is 22.5 Å². The van der Waals surface area contributed by atoms with Crippen LogP contribution in [0.15, 0.2) is 30.3 Å². The van der Waals surface area contributed by atoms with E-state index in [0.717, 1.165) is 5.56 Å². The molecule has 1 aromatic rings. The number of ether oxygens (including phenoxy) is 1. The number of piperidine rings is 1. The van der Waals surface area contributed by atoms with E-state index in [2.05, 4.69) is 0 Å². The average molecular weight is 284 g/mol. The highest BCUT2D eigenvalue weighted by atomic mass is 19.4. The highest BCUT2D eigenvalue weighted by Gasteiger charge is 2.69. The smallest absolute Gasteiger partial charge is 0.448 e. The first-order valence-electron chi connectivity index (χ1n) is 6.57. The average Bonchev–Trinajstić information content (AvgIpc) is 3.00. The fourth-order valence-corrected chi connectivity index (χ4v) is 2.98. The molecule has 0 radical (unpaired) electrons. The molecule has 1 amide bonds. The zero-order chi connectivity index (χ0) is 14.4. The van der Waals surface area contributed by atoms with E-state index in [4.69, 9.17) is 4.74 Å². The molecule has 0 spiro atoms. The number of hydrogen-bond donors (Lipinski definition) is 0. The van der Waals surface area contributed by atoms with Crippen LogP contribution in [-0.4, -0.2) is 31.1 Å². The van der Waals surface area contributed by atoms with Gasteiger partial charge in [0.15, 0.2) is 0 Å². The molecule has 20 heavy (non-hydrogen) atoms. The Balaban J connectivity index is 1.56. The van der Waals surface area contributed by atoms with Crippen LogP contribution in [0, 0.1) is 5.92 Å². The topological polar surface area (TPSA) is 29.5 Å². The second-order valence-corrected chi connectivity index (χ2v) is 5.63. The first-order valence-corrected chi connectivity index (χ1v) is 6.57. The maximum atomic E-state index is 13.0. The number of amides is 1. The first kappa shape index (κ1) is 13.3. The Morgan fingerprint density at radius 2 is 2.05 bits per heavy atom. The fraction of sp³-hybridized carbons (Fsp3) is 0.462. The molecule has 1 aliphatic heterocycles. The van der Waals surface area contributed by atoms with Crippen LogP contribution in [0.3, 0.4) is 0 Å². The number of rotatable bonds is 3. The van der Waals surface area contributed by atoms with Crippen LogP contribution < -0.4 is 0 Å². The molecule has 1 aliphatic carbocycles. The van der Waals surface area contributed by atoms with E-state index in [-0.39, 0.29) is 26.1 Å². The van der Waals surface area contributed by atoms with Gasteiger partial charge in [-0.1, -0.05) is 36.8 Å². The number of halogens is 3. The molecule has 3 rings (SSSR count). The molecular formula is C13H14BF3NO2-. The normalized spacial score (nSPS) is 28.1. The van der Waals surface area contributed by atoms with Gasteiger partial charge in [-0.25, -0.2) is 4.79 Å². The van der Waals surface area contributed by atoms with Gasteiger partial charge in [0.2, 0.25) is 0 Å². The summed E-state index contributed by atoms with van der Waals surface area (Å²) in [5, 5.41) is -1.61. The molecule has 2 atom stereocenters. The van der Waals surface area contributed by atoms with E-state index in [1.54, 1.807) is 12.1 Å². The number of likely N-dealkylation sites (tertiary alicyclic amines) is 1. The summed E-state index contributed by atoms with van der Waals surface area (Å²) in [6.45, 7) is -4.88. The monoisotopic (exact) mass is 284 g/mol. The van der Waals surface area contributed by atoms with Crippen LogP contribution in [0.5, 0.6) is 0 Å². The van der Waals surface area contributed by atoms with Crippen molar-refractivity contribution in [1.29, 1.82) is 0 Å². The van der Waals surface area contributed by atoms with E-state index in [0.29, 0.717) is 0 Å². The third kappa shape index (κ3) is 2.15. The zero-order valence-corrected chi connectivity index (χ0v) is 10.8. The second kappa shape index (κ2) is 4.43. The van der Waals surface area contributed by atoms with Crippen LogP contribution in [-0.2, 0) is 11.3 Å². The number of carbonyl (C=O) groups excluding carboxylic acids is 1. The van der Waals surface area contributed by atoms with Gasteiger partial charge in [0.25, 0.3) is 0 Å². The third-order valence-corrected chi connectivity index (χ3v) is 4.32. The molecular weight excluding hydrogens is 270 g/mol. The molecule has 0 aromatic heterocycles. The van der Waals surface area contributed by atoms with Crippen molar-refractivity contribution in [2.24, 2.45) is 5.92 Å². The quantitative estimate of drug-likeness (QED) is 0.797. The maximum absolute atomic E-state index is 13.0. The van der Waals surface area contributed by atoms with Crippen molar-refractivity contribution in [3.05, 3.63) is 35.9 Å². The molecule has 1 aromatic carbocycles. The van der Waals surface area contributed by atoms with Gasteiger partial charge in [-0.3, -0.25) is 0 Å². The Bertz CT molecular complexity index is 522. The molecule has 7 heteroatoms. The molecule has 0 N–H and O–H groups in total. The van der Waals surface area contributed by atoms with Gasteiger partial charge < -0.3 is 22.6 Å². The Morgan fingerprint density at radius 1 is 1.35 bits per heavy atom. The lowest BCUT2D eigenvalue weighted by Gasteiger charge is -2.27. The molecule has 2 fully saturated rings. The second-order valence-electron chi connectivity index (χ2n) is 5.63. The summed E-state index contributed by atoms with van der Waals surface area (Å²) in [6, 6.07) is 9.07. The standard InChI is InChI=1S/C13H14BF3NO2/c15-14(16,17)13-6-11(13)7-18(9-13)12(19)20-8-10-4-2-1-3-5-10/h1-5,11H,6-9H2/q-1. The summed E-state index contributed by atoms with van der Waals surface area (Å²) in [6.07, 6.45) is -0.487. The lowest BCUT2D eigenvalue weighted by molar-refractivity contribution is 0.100. The third-order valence-electron chi connectivity index (χ3n) is 4.32. The molecule has 1 heterocycles. The maximum Gasteiger partial charge on any atom is 0.486 e. The summed E-state index contributed by atoms with van der Waals surface area (Å²) in [4.78, 5) is 13.0. The van der Waals surface area contributed by atoms with Gasteiger partial charge in [-0.2, -0.15) is 0 Å². The minimum Gasteiger partial charge on any atom is -0.448 e. The lowest BCUT2D eigenvalue weighted by Crippen LogP contribution is -2.36. The van der Waals surface area contributed by atoms with E-state index in [9.17, 15) is 17.7 Å². The van der Waals surface area contributed by atoms with Crippen LogP contribution in [0.4, 0.5) is 17.7 Å². The number of hydrogen-bond acceptors (Lipinski definition) is 2. The number of carbonyl (C=O) groups is 1. The van der Waals surface area contributed by atoms with Crippen LogP contribution in [0.1, 0.15) is 12.0 Å². The van der Waals surface area contributed by atoms with Gasteiger partial charge in [0.1, 0.15) is 6.61 Å². The Kier molecular flexibility index (Phi) is 2.95. The van der Waals surface area contributed by atoms with Gasteiger partial charge in [-0.15, -0.1) is 0 Å². The summed E-state index contributed by atoms with van der Waals surface area (Å²) in [7, 11) is 0. The summed E-state index contributed by atoms with van der Waals surface area (Å²) >= 11 is 0. The lowest BCUT2D eigenvalue weighted by atomic mass is 9.68. The van der Waals surface area contributed by atoms with Gasteiger partial charge >= 0.3 is 13.1 Å². The molecule has 1 saturated heterocycles. The number of benzene rings is 1. The van der Waals surface area contributed by atoms with Crippen molar-refractivity contribution >= 4 is 13.1 Å². The van der Waals surface area contributed by atoms with Crippen molar-refractivity contribution in [3.8, 4) is 0 Å². The van der Waals surface area contributed by atoms with Crippen molar-refractivity contribution in [2.75, 3.05) is 13.1 Å². The van der Waals surface area contributed by atoms with E-state index < -0.39 is 24.3 Å². The summed E-state index contributed by atoms with van der Waals surface area (Å²) in [5.41, 5.74) is 0.819. The Labute approximate surface area is 114 Å². The Hall–Kier alpha value is -1.66. The van der Waals surface area contributed by atoms with Gasteiger partial charge in [0, 0.05) is 13.1 Å². The summed E-state index contributed by atoms with van der Waals surface area (Å²) in [5.74, 6) is -0.424. The van der Waals surface area contributed by atoms with Crippen molar-refractivity contribution in [2.45, 2.75) is 18.3 Å². The summed E-state index contributed by atoms with van der Waals surface area (Å²) < 4.78 is 43.9. The molecule has 0 bridgehead atoms. The van der Waals surface area contributed by atoms with E-state index >= 15 is 0 Å². The number of fused-ring (bicyclic) bond motifs is 1. The first-order chi connectivity index (χ1) is 9.42. The predicted molar refractivity (Wildman–Crippen MR) is 68.1 cm³/mol. The highest BCUT2D eigenvalue weighted by Crippen LogP contribution is 2.70. The molecule has 1 saturated carbocycles. The van der Waals surface area contributed by atoms with Crippen molar-refractivity contribution in [1.82, 2.24) is 4.90 Å². The van der Waals surface area contributed by atoms with Crippen LogP contribution >= 0.6 is 0 Å². The van der Waals surface area contributed by atoms with Crippen LogP contribution in [0.25, 0.3) is 0 Å². The highest BCUT2D eigenvalue weighted by molar-refractivity contribution is 6.63. The van der Waals surface area contributed by atoms with Gasteiger partial charge in [0.05, 0.1) is 0 Å². The number of nitrogens with zero attached hydrogens (tertiary/aromatic N) is 1. The van der Waals surface area contributed by atoms with Crippen molar-refractivity contribution in [3.63, 3.8) is 0 Å². The zero-order valence-electron chi connectivity index (χ0n) is 10.8.